The average Bonchev–Trinajstić information content (AvgIpc) is 2.73. The first-order valence-electron chi connectivity index (χ1n) is 9.65. The molecule has 0 bridgehead atoms. The summed E-state index contributed by atoms with van der Waals surface area (Å²) in [4.78, 5) is 36.1. The molecule has 2 aliphatic rings. The van der Waals surface area contributed by atoms with Crippen molar-refractivity contribution in [1.29, 1.82) is 0 Å². The summed E-state index contributed by atoms with van der Waals surface area (Å²) in [6, 6.07) is 8.48. The number of halogens is 1. The largest absolute Gasteiger partial charge is 0.500 e. The van der Waals surface area contributed by atoms with Gasteiger partial charge in [-0.05, 0) is 41.7 Å². The van der Waals surface area contributed by atoms with E-state index >= 15 is 0 Å². The van der Waals surface area contributed by atoms with Crippen molar-refractivity contribution in [2.24, 2.45) is 0 Å². The summed E-state index contributed by atoms with van der Waals surface area (Å²) in [6.07, 6.45) is 0.497. The van der Waals surface area contributed by atoms with Gasteiger partial charge in [0.2, 0.25) is 11.7 Å². The van der Waals surface area contributed by atoms with Crippen molar-refractivity contribution in [1.82, 2.24) is 5.32 Å². The van der Waals surface area contributed by atoms with E-state index in [1.165, 1.54) is 31.4 Å². The van der Waals surface area contributed by atoms with E-state index in [1.807, 2.05) is 0 Å². The molecule has 160 valence electrons. The second-order valence-corrected chi connectivity index (χ2v) is 7.63. The Balaban J connectivity index is 1.77. The number of hydrogen-bond acceptors (Lipinski definition) is 6. The van der Waals surface area contributed by atoms with Crippen LogP contribution in [0.1, 0.15) is 42.2 Å². The maximum absolute atomic E-state index is 13.3. The molecule has 31 heavy (non-hydrogen) atoms. The molecule has 1 amide bonds. The topological polar surface area (TPSA) is 119 Å². The first-order valence-corrected chi connectivity index (χ1v) is 9.65. The lowest BCUT2D eigenvalue weighted by molar-refractivity contribution is -0.386. The number of phenolic OH excluding ortho intramolecular Hbond substituents is 1. The summed E-state index contributed by atoms with van der Waals surface area (Å²) < 4.78 is 18.3. The third-order valence-electron chi connectivity index (χ3n) is 5.77. The fourth-order valence-corrected chi connectivity index (χ4v) is 4.33. The van der Waals surface area contributed by atoms with Gasteiger partial charge in [0.1, 0.15) is 5.82 Å². The van der Waals surface area contributed by atoms with Crippen LogP contribution in [0.2, 0.25) is 0 Å². The molecule has 9 heteroatoms. The van der Waals surface area contributed by atoms with Crippen LogP contribution in [0.25, 0.3) is 0 Å². The Kier molecular flexibility index (Phi) is 5.18. The standard InChI is InChI=1S/C22H19FN2O6/c1-31-19-9-13(7-17(22(19)28)25(29)30)15-10-20(27)24-16-6-12(8-18(26)21(15)16)11-2-4-14(23)5-3-11/h2-5,7,9,12,15,28H,6,8,10H2,1H3,(H,24,27). The molecule has 4 rings (SSSR count). The summed E-state index contributed by atoms with van der Waals surface area (Å²) in [5.74, 6) is -2.50. The molecule has 8 nitrogen and oxygen atoms in total. The zero-order chi connectivity index (χ0) is 22.3. The van der Waals surface area contributed by atoms with Crippen LogP contribution < -0.4 is 10.1 Å². The van der Waals surface area contributed by atoms with Gasteiger partial charge in [0.25, 0.3) is 0 Å². The number of carbonyl (C=O) groups excluding carboxylic acids is 2. The van der Waals surface area contributed by atoms with Gasteiger partial charge in [-0.2, -0.15) is 0 Å². The molecule has 2 unspecified atom stereocenters. The lowest BCUT2D eigenvalue weighted by Gasteiger charge is -2.34. The van der Waals surface area contributed by atoms with E-state index in [-0.39, 0.29) is 42.0 Å². The van der Waals surface area contributed by atoms with Crippen molar-refractivity contribution in [3.05, 3.63) is 74.7 Å². The summed E-state index contributed by atoms with van der Waals surface area (Å²) in [5.41, 5.74) is 1.45. The number of nitrogens with one attached hydrogen (secondary N) is 1. The quantitative estimate of drug-likeness (QED) is 0.571. The molecule has 2 N–H and O–H groups in total. The molecule has 1 aliphatic carbocycles. The van der Waals surface area contributed by atoms with Gasteiger partial charge in [-0.1, -0.05) is 12.1 Å². The Morgan fingerprint density at radius 3 is 2.48 bits per heavy atom. The number of methoxy groups -OCH3 is 1. The van der Waals surface area contributed by atoms with Gasteiger partial charge in [0.15, 0.2) is 11.5 Å². The Morgan fingerprint density at radius 2 is 1.84 bits per heavy atom. The van der Waals surface area contributed by atoms with E-state index in [2.05, 4.69) is 5.32 Å². The van der Waals surface area contributed by atoms with Crippen LogP contribution >= 0.6 is 0 Å². The molecule has 2 aromatic rings. The third-order valence-corrected chi connectivity index (χ3v) is 5.77. The third kappa shape index (κ3) is 3.74. The van der Waals surface area contributed by atoms with Gasteiger partial charge < -0.3 is 15.2 Å². The lowest BCUT2D eigenvalue weighted by Crippen LogP contribution is -2.38. The first kappa shape index (κ1) is 20.5. The molecular formula is C22H19FN2O6. The predicted octanol–water partition coefficient (Wildman–Crippen LogP) is 3.45. The number of rotatable bonds is 4. The second-order valence-electron chi connectivity index (χ2n) is 7.63. The first-order chi connectivity index (χ1) is 14.8. The van der Waals surface area contributed by atoms with Gasteiger partial charge in [-0.15, -0.1) is 0 Å². The fourth-order valence-electron chi connectivity index (χ4n) is 4.33. The van der Waals surface area contributed by atoms with Gasteiger partial charge in [-0.25, -0.2) is 4.39 Å². The van der Waals surface area contributed by atoms with Crippen LogP contribution in [-0.4, -0.2) is 28.8 Å². The number of Topliss-reactive ketones (excluding diaryl/α,β-unsaturated/α-hetero) is 1. The van der Waals surface area contributed by atoms with E-state index in [4.69, 9.17) is 4.74 Å². The Labute approximate surface area is 176 Å². The molecule has 1 aliphatic heterocycles. The van der Waals surface area contributed by atoms with Crippen molar-refractivity contribution in [2.75, 3.05) is 7.11 Å². The van der Waals surface area contributed by atoms with Crippen molar-refractivity contribution in [3.8, 4) is 11.5 Å². The van der Waals surface area contributed by atoms with E-state index in [0.717, 1.165) is 5.56 Å². The van der Waals surface area contributed by atoms with Crippen LogP contribution in [0, 0.1) is 15.9 Å². The molecule has 0 saturated carbocycles. The zero-order valence-corrected chi connectivity index (χ0v) is 16.6. The van der Waals surface area contributed by atoms with Gasteiger partial charge in [-0.3, -0.25) is 19.7 Å². The molecule has 2 aromatic carbocycles. The number of ether oxygens (including phenoxy) is 1. The predicted molar refractivity (Wildman–Crippen MR) is 107 cm³/mol. The highest BCUT2D eigenvalue weighted by Gasteiger charge is 2.39. The van der Waals surface area contributed by atoms with Crippen LogP contribution in [0.5, 0.6) is 11.5 Å². The minimum absolute atomic E-state index is 0.0587. The van der Waals surface area contributed by atoms with Crippen molar-refractivity contribution >= 4 is 17.4 Å². The SMILES string of the molecule is COc1cc(C2CC(=O)NC3=C2C(=O)CC(c2ccc(F)cc2)C3)cc([N+](=O)[O-])c1O. The fraction of sp³-hybridized carbons (Fsp3) is 0.273. The number of aromatic hydroxyl groups is 1. The van der Waals surface area contributed by atoms with E-state index in [0.29, 0.717) is 23.3 Å². The van der Waals surface area contributed by atoms with Gasteiger partial charge >= 0.3 is 5.69 Å². The van der Waals surface area contributed by atoms with Crippen LogP contribution in [0.15, 0.2) is 47.7 Å². The lowest BCUT2D eigenvalue weighted by atomic mass is 9.73. The maximum atomic E-state index is 13.3. The molecule has 2 atom stereocenters. The molecular weight excluding hydrogens is 407 g/mol. The monoisotopic (exact) mass is 426 g/mol. The summed E-state index contributed by atoms with van der Waals surface area (Å²) in [6.45, 7) is 0. The zero-order valence-electron chi connectivity index (χ0n) is 16.6. The minimum Gasteiger partial charge on any atom is -0.500 e. The Morgan fingerprint density at radius 1 is 1.13 bits per heavy atom. The van der Waals surface area contributed by atoms with Crippen molar-refractivity contribution < 1.29 is 28.7 Å². The van der Waals surface area contributed by atoms with E-state index < -0.39 is 22.3 Å². The minimum atomic E-state index is -0.743. The van der Waals surface area contributed by atoms with E-state index in [1.54, 1.807) is 12.1 Å². The smallest absolute Gasteiger partial charge is 0.314 e. The van der Waals surface area contributed by atoms with E-state index in [9.17, 15) is 29.2 Å². The number of nitro groups is 1. The number of allylic oxidation sites excluding steroid dienone is 2. The molecule has 0 radical (unpaired) electrons. The number of nitro benzene ring substituents is 1. The average molecular weight is 426 g/mol. The highest BCUT2D eigenvalue weighted by molar-refractivity contribution is 6.02. The highest BCUT2D eigenvalue weighted by Crippen LogP contribution is 2.46. The van der Waals surface area contributed by atoms with Crippen molar-refractivity contribution in [3.63, 3.8) is 0 Å². The summed E-state index contributed by atoms with van der Waals surface area (Å²) >= 11 is 0. The number of amides is 1. The number of benzene rings is 2. The molecule has 1 heterocycles. The summed E-state index contributed by atoms with van der Waals surface area (Å²) in [7, 11) is 1.26. The molecule has 0 fully saturated rings. The van der Waals surface area contributed by atoms with Gasteiger partial charge in [0, 0.05) is 36.1 Å². The number of hydrogen-bond donors (Lipinski definition) is 2. The molecule has 0 saturated heterocycles. The molecule has 0 aromatic heterocycles. The Hall–Kier alpha value is -3.75. The Bertz CT molecular complexity index is 1130. The highest BCUT2D eigenvalue weighted by atomic mass is 19.1. The van der Waals surface area contributed by atoms with Crippen LogP contribution in [0.3, 0.4) is 0 Å². The number of carbonyl (C=O) groups is 2. The van der Waals surface area contributed by atoms with Crippen LogP contribution in [-0.2, 0) is 9.59 Å². The second kappa shape index (κ2) is 7.82. The number of ketones is 1. The van der Waals surface area contributed by atoms with Gasteiger partial charge in [0.05, 0.1) is 12.0 Å². The maximum Gasteiger partial charge on any atom is 0.314 e. The molecule has 0 spiro atoms. The van der Waals surface area contributed by atoms with Crippen molar-refractivity contribution in [2.45, 2.75) is 31.1 Å². The van der Waals surface area contributed by atoms with Crippen LogP contribution in [0.4, 0.5) is 10.1 Å². The number of phenols is 1. The number of nitrogens with zero attached hydrogens (tertiary/aromatic N) is 1. The normalized spacial score (nSPS) is 20.8. The summed E-state index contributed by atoms with van der Waals surface area (Å²) in [5, 5.41) is 24.2.